The summed E-state index contributed by atoms with van der Waals surface area (Å²) >= 11 is 0. The maximum absolute atomic E-state index is 12.3. The fraction of sp³-hybridized carbons (Fsp3) is 0.500. The molecule has 0 radical (unpaired) electrons. The zero-order chi connectivity index (χ0) is 14.8. The Morgan fingerprint density at radius 1 is 1.30 bits per heavy atom. The topological polar surface area (TPSA) is 83.5 Å². The summed E-state index contributed by atoms with van der Waals surface area (Å²) in [7, 11) is -3.71. The Labute approximate surface area is 119 Å². The SMILES string of the molecule is CC(=O)c1cccc(S(=O)(=O)N[C@@H]2CCCC[C@H]2O)c1. The van der Waals surface area contributed by atoms with Crippen LogP contribution >= 0.6 is 0 Å². The Balaban J connectivity index is 2.21. The molecule has 110 valence electrons. The largest absolute Gasteiger partial charge is 0.391 e. The van der Waals surface area contributed by atoms with Crippen molar-refractivity contribution in [2.75, 3.05) is 0 Å². The molecule has 1 saturated carbocycles. The van der Waals surface area contributed by atoms with E-state index in [2.05, 4.69) is 4.72 Å². The summed E-state index contributed by atoms with van der Waals surface area (Å²) in [6.07, 6.45) is 2.42. The van der Waals surface area contributed by atoms with E-state index < -0.39 is 22.2 Å². The van der Waals surface area contributed by atoms with Crippen LogP contribution in [0.5, 0.6) is 0 Å². The molecule has 0 aliphatic heterocycles. The molecule has 2 N–H and O–H groups in total. The molecule has 0 heterocycles. The van der Waals surface area contributed by atoms with Crippen molar-refractivity contribution in [1.82, 2.24) is 4.72 Å². The predicted molar refractivity (Wildman–Crippen MR) is 75.0 cm³/mol. The molecular weight excluding hydrogens is 278 g/mol. The van der Waals surface area contributed by atoms with Crippen LogP contribution in [0.3, 0.4) is 0 Å². The molecule has 2 rings (SSSR count). The van der Waals surface area contributed by atoms with Gasteiger partial charge in [-0.15, -0.1) is 0 Å². The number of benzene rings is 1. The summed E-state index contributed by atoms with van der Waals surface area (Å²) in [5.74, 6) is -0.181. The maximum Gasteiger partial charge on any atom is 0.240 e. The van der Waals surface area contributed by atoms with E-state index >= 15 is 0 Å². The highest BCUT2D eigenvalue weighted by atomic mass is 32.2. The molecule has 20 heavy (non-hydrogen) atoms. The lowest BCUT2D eigenvalue weighted by Crippen LogP contribution is -2.44. The van der Waals surface area contributed by atoms with Gasteiger partial charge < -0.3 is 5.11 Å². The second-order valence-corrected chi connectivity index (χ2v) is 6.88. The number of Topliss-reactive ketones (excluding diaryl/α,β-unsaturated/α-hetero) is 1. The normalized spacial score (nSPS) is 23.5. The molecule has 0 spiro atoms. The van der Waals surface area contributed by atoms with Gasteiger partial charge in [0.25, 0.3) is 0 Å². The first-order chi connectivity index (χ1) is 9.40. The highest BCUT2D eigenvalue weighted by Crippen LogP contribution is 2.21. The number of aliphatic hydroxyl groups is 1. The van der Waals surface area contributed by atoms with Crippen LogP contribution < -0.4 is 4.72 Å². The van der Waals surface area contributed by atoms with Crippen molar-refractivity contribution in [3.8, 4) is 0 Å². The molecule has 0 unspecified atom stereocenters. The van der Waals surface area contributed by atoms with Gasteiger partial charge in [-0.3, -0.25) is 4.79 Å². The third-order valence-electron chi connectivity index (χ3n) is 3.59. The zero-order valence-corrected chi connectivity index (χ0v) is 12.2. The number of sulfonamides is 1. The molecule has 2 atom stereocenters. The number of carbonyl (C=O) groups excluding carboxylic acids is 1. The molecule has 1 fully saturated rings. The first-order valence-corrected chi connectivity index (χ1v) is 8.20. The number of hydrogen-bond donors (Lipinski definition) is 2. The van der Waals surface area contributed by atoms with Crippen molar-refractivity contribution >= 4 is 15.8 Å². The van der Waals surface area contributed by atoms with Crippen molar-refractivity contribution in [3.05, 3.63) is 29.8 Å². The Morgan fingerprint density at radius 2 is 2.00 bits per heavy atom. The highest BCUT2D eigenvalue weighted by Gasteiger charge is 2.28. The number of hydrogen-bond acceptors (Lipinski definition) is 4. The van der Waals surface area contributed by atoms with E-state index in [1.54, 1.807) is 12.1 Å². The number of aliphatic hydroxyl groups excluding tert-OH is 1. The summed E-state index contributed by atoms with van der Waals surface area (Å²) < 4.78 is 27.1. The first-order valence-electron chi connectivity index (χ1n) is 6.71. The molecule has 1 aromatic rings. The summed E-state index contributed by atoms with van der Waals surface area (Å²) in [6.45, 7) is 1.39. The van der Waals surface area contributed by atoms with Crippen LogP contribution in [-0.2, 0) is 10.0 Å². The fourth-order valence-electron chi connectivity index (χ4n) is 2.40. The molecule has 0 aromatic heterocycles. The predicted octanol–water partition coefficient (Wildman–Crippen LogP) is 1.47. The third kappa shape index (κ3) is 3.45. The number of rotatable bonds is 4. The van der Waals surface area contributed by atoms with Gasteiger partial charge in [0, 0.05) is 11.6 Å². The molecule has 1 aliphatic rings. The van der Waals surface area contributed by atoms with Gasteiger partial charge in [0.15, 0.2) is 5.78 Å². The maximum atomic E-state index is 12.3. The number of nitrogens with one attached hydrogen (secondary N) is 1. The van der Waals surface area contributed by atoms with E-state index in [1.165, 1.54) is 19.1 Å². The minimum absolute atomic E-state index is 0.0583. The van der Waals surface area contributed by atoms with Crippen molar-refractivity contribution in [2.45, 2.75) is 49.6 Å². The van der Waals surface area contributed by atoms with Crippen LogP contribution in [-0.4, -0.2) is 31.5 Å². The van der Waals surface area contributed by atoms with Crippen molar-refractivity contribution in [3.63, 3.8) is 0 Å². The van der Waals surface area contributed by atoms with E-state index in [4.69, 9.17) is 0 Å². The van der Waals surface area contributed by atoms with E-state index in [1.807, 2.05) is 0 Å². The molecule has 0 saturated heterocycles. The van der Waals surface area contributed by atoms with Gasteiger partial charge in [-0.05, 0) is 31.9 Å². The molecule has 1 aliphatic carbocycles. The number of ketones is 1. The Hall–Kier alpha value is -1.24. The van der Waals surface area contributed by atoms with Gasteiger partial charge in [-0.1, -0.05) is 25.0 Å². The fourth-order valence-corrected chi connectivity index (χ4v) is 3.75. The quantitative estimate of drug-likeness (QED) is 0.824. The Bertz CT molecular complexity index is 597. The molecule has 6 heteroatoms. The Morgan fingerprint density at radius 3 is 2.65 bits per heavy atom. The van der Waals surface area contributed by atoms with E-state index in [0.717, 1.165) is 12.8 Å². The molecule has 5 nitrogen and oxygen atoms in total. The van der Waals surface area contributed by atoms with E-state index in [0.29, 0.717) is 18.4 Å². The summed E-state index contributed by atoms with van der Waals surface area (Å²) in [4.78, 5) is 11.4. The highest BCUT2D eigenvalue weighted by molar-refractivity contribution is 7.89. The smallest absolute Gasteiger partial charge is 0.240 e. The standard InChI is InChI=1S/C14H19NO4S/c1-10(16)11-5-4-6-12(9-11)20(18,19)15-13-7-2-3-8-14(13)17/h4-6,9,13-15,17H,2-3,7-8H2,1H3/t13-,14-/m1/s1. The lowest BCUT2D eigenvalue weighted by Gasteiger charge is -2.28. The van der Waals surface area contributed by atoms with Crippen LogP contribution in [0.25, 0.3) is 0 Å². The van der Waals surface area contributed by atoms with Gasteiger partial charge in [0.2, 0.25) is 10.0 Å². The van der Waals surface area contributed by atoms with Crippen LogP contribution in [0.1, 0.15) is 43.0 Å². The zero-order valence-electron chi connectivity index (χ0n) is 11.4. The second kappa shape index (κ2) is 6.03. The monoisotopic (exact) mass is 297 g/mol. The summed E-state index contributed by atoms with van der Waals surface area (Å²) in [5.41, 5.74) is 0.358. The number of carbonyl (C=O) groups is 1. The van der Waals surface area contributed by atoms with Gasteiger partial charge in [0.1, 0.15) is 0 Å². The minimum Gasteiger partial charge on any atom is -0.391 e. The van der Waals surface area contributed by atoms with Crippen molar-refractivity contribution in [1.29, 1.82) is 0 Å². The molecule has 0 amide bonds. The summed E-state index contributed by atoms with van der Waals surface area (Å²) in [5, 5.41) is 9.84. The van der Waals surface area contributed by atoms with Crippen LogP contribution in [0.2, 0.25) is 0 Å². The lowest BCUT2D eigenvalue weighted by molar-refractivity contribution is 0.101. The third-order valence-corrected chi connectivity index (χ3v) is 5.07. The van der Waals surface area contributed by atoms with Gasteiger partial charge in [-0.25, -0.2) is 13.1 Å². The average Bonchev–Trinajstić information content (AvgIpc) is 2.41. The Kier molecular flexibility index (Phi) is 4.57. The molecule has 1 aromatic carbocycles. The van der Waals surface area contributed by atoms with Crippen LogP contribution in [0, 0.1) is 0 Å². The molecule has 0 bridgehead atoms. The minimum atomic E-state index is -3.71. The van der Waals surface area contributed by atoms with Crippen LogP contribution in [0.4, 0.5) is 0 Å². The van der Waals surface area contributed by atoms with E-state index in [-0.39, 0.29) is 10.7 Å². The van der Waals surface area contributed by atoms with E-state index in [9.17, 15) is 18.3 Å². The molecular formula is C14H19NO4S. The van der Waals surface area contributed by atoms with Crippen molar-refractivity contribution in [2.24, 2.45) is 0 Å². The van der Waals surface area contributed by atoms with Gasteiger partial charge in [0.05, 0.1) is 11.0 Å². The summed E-state index contributed by atoms with van der Waals surface area (Å²) in [6, 6.07) is 5.48. The van der Waals surface area contributed by atoms with Crippen LogP contribution in [0.15, 0.2) is 29.2 Å². The lowest BCUT2D eigenvalue weighted by atomic mass is 9.93. The van der Waals surface area contributed by atoms with Gasteiger partial charge in [-0.2, -0.15) is 0 Å². The first kappa shape index (κ1) is 15.2. The van der Waals surface area contributed by atoms with Gasteiger partial charge >= 0.3 is 0 Å². The second-order valence-electron chi connectivity index (χ2n) is 5.16. The van der Waals surface area contributed by atoms with Crippen molar-refractivity contribution < 1.29 is 18.3 Å². The average molecular weight is 297 g/mol.